The predicted molar refractivity (Wildman–Crippen MR) is 84.3 cm³/mol. The topological polar surface area (TPSA) is 92.3 Å². The Kier molecular flexibility index (Phi) is 4.16. The van der Waals surface area contributed by atoms with Crippen molar-refractivity contribution >= 4 is 34.4 Å². The maximum atomic E-state index is 12.2. The number of aryl methyl sites for hydroxylation is 1. The average Bonchev–Trinajstić information content (AvgIpc) is 3.04. The van der Waals surface area contributed by atoms with Gasteiger partial charge >= 0.3 is 0 Å². The first-order valence-corrected chi connectivity index (χ1v) is 7.89. The maximum Gasteiger partial charge on any atom is 0.261 e. The van der Waals surface area contributed by atoms with E-state index in [-0.39, 0.29) is 30.7 Å². The maximum absolute atomic E-state index is 12.2. The summed E-state index contributed by atoms with van der Waals surface area (Å²) < 4.78 is 3.97. The number of nitrogens with zero attached hydrogens (tertiary/aromatic N) is 3. The summed E-state index contributed by atoms with van der Waals surface area (Å²) in [6.45, 7) is 1.96. The van der Waals surface area contributed by atoms with Gasteiger partial charge in [0.1, 0.15) is 5.82 Å². The molecule has 0 unspecified atom stereocenters. The first-order chi connectivity index (χ1) is 11.1. The van der Waals surface area contributed by atoms with E-state index >= 15 is 0 Å². The number of fused-ring (bicyclic) bond motifs is 1. The fraction of sp³-hybridized carbons (Fsp3) is 0.267. The Bertz CT molecular complexity index is 752. The quantitative estimate of drug-likeness (QED) is 0.845. The van der Waals surface area contributed by atoms with E-state index in [1.807, 2.05) is 0 Å². The van der Waals surface area contributed by atoms with E-state index < -0.39 is 0 Å². The molecule has 2 heterocycles. The lowest BCUT2D eigenvalue weighted by Gasteiger charge is -2.13. The van der Waals surface area contributed by atoms with Crippen LogP contribution in [0.25, 0.3) is 0 Å². The Hall–Kier alpha value is -2.61. The Morgan fingerprint density at radius 3 is 2.43 bits per heavy atom. The normalized spacial score (nSPS) is 13.3. The molecule has 8 heteroatoms. The van der Waals surface area contributed by atoms with Crippen molar-refractivity contribution in [1.29, 1.82) is 0 Å². The molecule has 2 aromatic rings. The SMILES string of the molecule is Cc1nsc(NC(=O)CCCN2C(=O)c3ccccc3C2=O)n1. The molecule has 0 fully saturated rings. The number of carbonyl (C=O) groups is 3. The average molecular weight is 330 g/mol. The summed E-state index contributed by atoms with van der Waals surface area (Å²) in [5, 5.41) is 3.10. The monoisotopic (exact) mass is 330 g/mol. The molecule has 1 N–H and O–H groups in total. The molecular weight excluding hydrogens is 316 g/mol. The van der Waals surface area contributed by atoms with Gasteiger partial charge in [0.15, 0.2) is 0 Å². The second-order valence-electron chi connectivity index (χ2n) is 5.11. The minimum absolute atomic E-state index is 0.200. The van der Waals surface area contributed by atoms with Crippen molar-refractivity contribution in [3.8, 4) is 0 Å². The molecule has 1 aliphatic heterocycles. The van der Waals surface area contributed by atoms with Crippen molar-refractivity contribution in [2.24, 2.45) is 0 Å². The molecule has 7 nitrogen and oxygen atoms in total. The van der Waals surface area contributed by atoms with Gasteiger partial charge in [0.25, 0.3) is 11.8 Å². The van der Waals surface area contributed by atoms with E-state index in [1.165, 1.54) is 4.90 Å². The number of imide groups is 1. The van der Waals surface area contributed by atoms with Crippen LogP contribution in [0, 0.1) is 6.92 Å². The summed E-state index contributed by atoms with van der Waals surface area (Å²) in [6, 6.07) is 6.73. The number of rotatable bonds is 5. The molecular formula is C15H14N4O3S. The molecule has 0 spiro atoms. The fourth-order valence-electron chi connectivity index (χ4n) is 2.37. The van der Waals surface area contributed by atoms with Gasteiger partial charge in [-0.3, -0.25) is 19.3 Å². The Morgan fingerprint density at radius 1 is 1.22 bits per heavy atom. The molecule has 1 aromatic carbocycles. The third-order valence-electron chi connectivity index (χ3n) is 3.44. The Balaban J connectivity index is 1.52. The lowest BCUT2D eigenvalue weighted by atomic mass is 10.1. The number of anilines is 1. The summed E-state index contributed by atoms with van der Waals surface area (Å²) in [4.78, 5) is 41.4. The van der Waals surface area contributed by atoms with Crippen LogP contribution in [-0.4, -0.2) is 38.5 Å². The van der Waals surface area contributed by atoms with Crippen LogP contribution in [0.4, 0.5) is 5.13 Å². The van der Waals surface area contributed by atoms with Crippen molar-refractivity contribution < 1.29 is 14.4 Å². The molecule has 0 bridgehead atoms. The number of amides is 3. The minimum atomic E-state index is -0.300. The van der Waals surface area contributed by atoms with Crippen LogP contribution in [-0.2, 0) is 4.79 Å². The second kappa shape index (κ2) is 6.25. The van der Waals surface area contributed by atoms with E-state index in [4.69, 9.17) is 0 Å². The lowest BCUT2D eigenvalue weighted by molar-refractivity contribution is -0.116. The highest BCUT2D eigenvalue weighted by molar-refractivity contribution is 7.09. The van der Waals surface area contributed by atoms with E-state index in [9.17, 15) is 14.4 Å². The van der Waals surface area contributed by atoms with Gasteiger partial charge in [-0.1, -0.05) is 12.1 Å². The second-order valence-corrected chi connectivity index (χ2v) is 5.86. The molecule has 0 radical (unpaired) electrons. The molecule has 0 saturated heterocycles. The van der Waals surface area contributed by atoms with Gasteiger partial charge in [-0.05, 0) is 25.5 Å². The number of hydrogen-bond acceptors (Lipinski definition) is 6. The van der Waals surface area contributed by atoms with Crippen LogP contribution in [0.1, 0.15) is 39.4 Å². The highest BCUT2D eigenvalue weighted by Crippen LogP contribution is 2.22. The number of aromatic nitrogens is 2. The van der Waals surface area contributed by atoms with E-state index in [0.29, 0.717) is 28.5 Å². The Morgan fingerprint density at radius 2 is 1.87 bits per heavy atom. The summed E-state index contributed by atoms with van der Waals surface area (Å²) in [7, 11) is 0. The summed E-state index contributed by atoms with van der Waals surface area (Å²) in [5.74, 6) is -0.203. The van der Waals surface area contributed by atoms with Crippen LogP contribution >= 0.6 is 11.5 Å². The first kappa shape index (κ1) is 15.3. The molecule has 118 valence electrons. The molecule has 1 aliphatic rings. The smallest absolute Gasteiger partial charge is 0.261 e. The van der Waals surface area contributed by atoms with Crippen molar-refractivity contribution in [2.75, 3.05) is 11.9 Å². The lowest BCUT2D eigenvalue weighted by Crippen LogP contribution is -2.31. The van der Waals surface area contributed by atoms with E-state index in [1.54, 1.807) is 31.2 Å². The third kappa shape index (κ3) is 3.11. The molecule has 3 amide bonds. The summed E-state index contributed by atoms with van der Waals surface area (Å²) in [6.07, 6.45) is 0.598. The highest BCUT2D eigenvalue weighted by Gasteiger charge is 2.34. The van der Waals surface area contributed by atoms with Crippen LogP contribution in [0.2, 0.25) is 0 Å². The minimum Gasteiger partial charge on any atom is -0.301 e. The van der Waals surface area contributed by atoms with Crippen molar-refractivity contribution in [3.05, 3.63) is 41.2 Å². The molecule has 23 heavy (non-hydrogen) atoms. The summed E-state index contributed by atoms with van der Waals surface area (Å²) in [5.41, 5.74) is 0.845. The Labute approximate surface area is 136 Å². The standard InChI is InChI=1S/C15H14N4O3S/c1-9-16-15(23-18-9)17-12(20)7-4-8-19-13(21)10-5-2-3-6-11(10)14(19)22/h2-3,5-6H,4,7-8H2,1H3,(H,16,17,18,20). The van der Waals surface area contributed by atoms with Crippen LogP contribution in [0.15, 0.2) is 24.3 Å². The molecule has 0 saturated carbocycles. The number of hydrogen-bond donors (Lipinski definition) is 1. The van der Waals surface area contributed by atoms with Crippen LogP contribution in [0.3, 0.4) is 0 Å². The summed E-state index contributed by atoms with van der Waals surface area (Å²) >= 11 is 1.12. The van der Waals surface area contributed by atoms with Crippen LogP contribution in [0.5, 0.6) is 0 Å². The molecule has 0 atom stereocenters. The molecule has 3 rings (SSSR count). The van der Waals surface area contributed by atoms with Gasteiger partial charge in [-0.2, -0.15) is 4.37 Å². The van der Waals surface area contributed by atoms with Gasteiger partial charge in [-0.15, -0.1) is 0 Å². The van der Waals surface area contributed by atoms with Gasteiger partial charge in [0, 0.05) is 24.5 Å². The highest BCUT2D eigenvalue weighted by atomic mass is 32.1. The zero-order valence-corrected chi connectivity index (χ0v) is 13.2. The van der Waals surface area contributed by atoms with E-state index in [0.717, 1.165) is 11.5 Å². The van der Waals surface area contributed by atoms with Crippen molar-refractivity contribution in [2.45, 2.75) is 19.8 Å². The van der Waals surface area contributed by atoms with Crippen molar-refractivity contribution in [1.82, 2.24) is 14.3 Å². The predicted octanol–water partition coefficient (Wildman–Crippen LogP) is 1.86. The fourth-order valence-corrected chi connectivity index (χ4v) is 2.96. The zero-order valence-electron chi connectivity index (χ0n) is 12.4. The third-order valence-corrected chi connectivity index (χ3v) is 4.16. The van der Waals surface area contributed by atoms with Crippen LogP contribution < -0.4 is 5.32 Å². The van der Waals surface area contributed by atoms with Gasteiger partial charge in [0.2, 0.25) is 11.0 Å². The van der Waals surface area contributed by atoms with E-state index in [2.05, 4.69) is 14.7 Å². The number of benzene rings is 1. The largest absolute Gasteiger partial charge is 0.301 e. The molecule has 1 aromatic heterocycles. The molecule has 0 aliphatic carbocycles. The number of carbonyl (C=O) groups excluding carboxylic acids is 3. The van der Waals surface area contributed by atoms with Crippen molar-refractivity contribution in [3.63, 3.8) is 0 Å². The van der Waals surface area contributed by atoms with Gasteiger partial charge in [-0.25, -0.2) is 4.98 Å². The zero-order chi connectivity index (χ0) is 16.4. The van der Waals surface area contributed by atoms with Gasteiger partial charge in [0.05, 0.1) is 11.1 Å². The number of nitrogens with one attached hydrogen (secondary N) is 1. The first-order valence-electron chi connectivity index (χ1n) is 7.11. The van der Waals surface area contributed by atoms with Gasteiger partial charge < -0.3 is 5.32 Å².